The number of Topliss-reactive ketones (excluding diaryl/α,β-unsaturated/α-hetero) is 2. The summed E-state index contributed by atoms with van der Waals surface area (Å²) in [5, 5.41) is 4.94. The highest BCUT2D eigenvalue weighted by atomic mass is 35.5. The largest absolute Gasteiger partial charge is 0.350 e. The Morgan fingerprint density at radius 3 is 2.27 bits per heavy atom. The highest BCUT2D eigenvalue weighted by molar-refractivity contribution is 6.31. The van der Waals surface area contributed by atoms with Crippen LogP contribution in [0.5, 0.6) is 0 Å². The lowest BCUT2D eigenvalue weighted by atomic mass is 9.64. The number of halogens is 2. The van der Waals surface area contributed by atoms with Gasteiger partial charge in [0, 0.05) is 38.4 Å². The molecule has 1 aromatic heterocycles. The number of hydrogen-bond acceptors (Lipinski definition) is 5. The first-order valence-electron chi connectivity index (χ1n) is 14.7. The fourth-order valence-corrected chi connectivity index (χ4v) is 7.77. The van der Waals surface area contributed by atoms with E-state index in [1.807, 2.05) is 66.4 Å². The molecule has 1 spiro atoms. The number of nitrogens with zero attached hydrogens (tertiary/aromatic N) is 2. The molecule has 0 bridgehead atoms. The summed E-state index contributed by atoms with van der Waals surface area (Å²) in [6, 6.07) is 25.1. The summed E-state index contributed by atoms with van der Waals surface area (Å²) in [6.45, 7) is 1.96. The molecule has 1 N–H and O–H groups in total. The molecule has 6 nitrogen and oxygen atoms in total. The van der Waals surface area contributed by atoms with Gasteiger partial charge in [0.2, 0.25) is 5.91 Å². The molecule has 1 amide bonds. The Balaban J connectivity index is 1.47. The van der Waals surface area contributed by atoms with Crippen LogP contribution in [0.2, 0.25) is 10.0 Å². The number of carbonyl (C=O) groups excluding carboxylic acids is 3. The van der Waals surface area contributed by atoms with Gasteiger partial charge in [0.15, 0.2) is 11.6 Å². The minimum atomic E-state index is -1.43. The number of carbonyl (C=O) groups is 3. The lowest BCUT2D eigenvalue weighted by molar-refractivity contribution is -0.121. The number of aryl methyl sites for hydroxylation is 1. The molecule has 8 heteroatoms. The zero-order chi connectivity index (χ0) is 31.0. The number of rotatable bonds is 4. The summed E-state index contributed by atoms with van der Waals surface area (Å²) in [7, 11) is 0. The van der Waals surface area contributed by atoms with Crippen LogP contribution in [-0.4, -0.2) is 34.5 Å². The van der Waals surface area contributed by atoms with Gasteiger partial charge in [-0.05, 0) is 78.7 Å². The standard InChI is InChI=1S/C37H25Cl2N3O3/c1-20-4-16-28-27(19-20)37(36(45)41-28)29-17-11-22-6-5-21-3-2-18-40-31(21)32(22)42(29)33(35(44)24-9-14-26(39)15-10-24)30(37)34(43)23-7-12-25(38)13-8-23/h2-19,29-30,33H,1H3,(H,41,45)/t29?,30-,33-,37+/m1/s1. The third-order valence-corrected chi connectivity index (χ3v) is 9.92. The van der Waals surface area contributed by atoms with Crippen LogP contribution in [-0.2, 0) is 10.2 Å². The van der Waals surface area contributed by atoms with Crippen LogP contribution < -0.4 is 10.2 Å². The number of aromatic nitrogens is 1. The topological polar surface area (TPSA) is 79.4 Å². The van der Waals surface area contributed by atoms with E-state index >= 15 is 4.79 Å². The third kappa shape index (κ3) is 3.95. The predicted octanol–water partition coefficient (Wildman–Crippen LogP) is 7.71. The van der Waals surface area contributed by atoms with E-state index in [1.165, 1.54) is 0 Å². The number of ketones is 2. The fourth-order valence-electron chi connectivity index (χ4n) is 7.52. The number of amides is 1. The summed E-state index contributed by atoms with van der Waals surface area (Å²) in [6.07, 6.45) is 5.66. The van der Waals surface area contributed by atoms with Gasteiger partial charge in [-0.2, -0.15) is 0 Å². The average molecular weight is 631 g/mol. The first-order chi connectivity index (χ1) is 21.8. The highest BCUT2D eigenvalue weighted by Gasteiger charge is 2.70. The Labute approximate surface area is 269 Å². The van der Waals surface area contributed by atoms with Crippen molar-refractivity contribution < 1.29 is 14.4 Å². The van der Waals surface area contributed by atoms with Gasteiger partial charge >= 0.3 is 0 Å². The predicted molar refractivity (Wildman–Crippen MR) is 177 cm³/mol. The lowest BCUT2D eigenvalue weighted by Gasteiger charge is -2.38. The number of anilines is 2. The van der Waals surface area contributed by atoms with Crippen LogP contribution in [0.1, 0.15) is 37.4 Å². The summed E-state index contributed by atoms with van der Waals surface area (Å²) in [4.78, 5) is 51.4. The molecular formula is C37H25Cl2N3O3. The Morgan fingerprint density at radius 1 is 0.867 bits per heavy atom. The molecule has 0 aliphatic carbocycles. The fraction of sp³-hybridized carbons (Fsp3) is 0.135. The molecule has 5 aromatic rings. The molecule has 4 aromatic carbocycles. The van der Waals surface area contributed by atoms with Gasteiger partial charge in [-0.15, -0.1) is 0 Å². The van der Waals surface area contributed by atoms with E-state index in [4.69, 9.17) is 28.2 Å². The Morgan fingerprint density at radius 2 is 1.56 bits per heavy atom. The molecular weight excluding hydrogens is 605 g/mol. The molecule has 220 valence electrons. The van der Waals surface area contributed by atoms with Crippen LogP contribution in [0.25, 0.3) is 17.0 Å². The van der Waals surface area contributed by atoms with Crippen LogP contribution in [0.15, 0.2) is 103 Å². The molecule has 4 atom stereocenters. The van der Waals surface area contributed by atoms with E-state index in [0.29, 0.717) is 43.6 Å². The minimum absolute atomic E-state index is 0.288. The molecule has 4 heterocycles. The molecule has 0 radical (unpaired) electrons. The number of pyridine rings is 1. The molecule has 0 saturated carbocycles. The Kier molecular flexibility index (Phi) is 6.24. The summed E-state index contributed by atoms with van der Waals surface area (Å²) in [5.41, 5.74) is 3.85. The van der Waals surface area contributed by atoms with E-state index in [0.717, 1.165) is 16.5 Å². The van der Waals surface area contributed by atoms with Gasteiger partial charge in [0.05, 0.1) is 23.2 Å². The van der Waals surface area contributed by atoms with Crippen molar-refractivity contribution in [1.82, 2.24) is 4.98 Å². The molecule has 45 heavy (non-hydrogen) atoms. The van der Waals surface area contributed by atoms with Gasteiger partial charge in [-0.25, -0.2) is 0 Å². The maximum absolute atomic E-state index is 15.0. The SMILES string of the molecule is Cc1ccc2c(c1)[C@]1(C(=O)N2)C2C=Cc3ccc4cccnc4c3N2[C@@H](C(=O)c2ccc(Cl)cc2)[C@@H]1C(=O)c1ccc(Cl)cc1. The van der Waals surface area contributed by atoms with Crippen molar-refractivity contribution in [3.63, 3.8) is 0 Å². The second-order valence-electron chi connectivity index (χ2n) is 11.8. The van der Waals surface area contributed by atoms with Crippen molar-refractivity contribution in [3.05, 3.63) is 141 Å². The maximum atomic E-state index is 15.0. The van der Waals surface area contributed by atoms with Crippen molar-refractivity contribution in [2.24, 2.45) is 5.92 Å². The van der Waals surface area contributed by atoms with Crippen LogP contribution >= 0.6 is 23.2 Å². The second kappa shape index (κ2) is 10.1. The van der Waals surface area contributed by atoms with Gasteiger partial charge < -0.3 is 10.2 Å². The summed E-state index contributed by atoms with van der Waals surface area (Å²) in [5.74, 6) is -2.03. The number of hydrogen-bond donors (Lipinski definition) is 1. The number of benzene rings is 4. The normalized spacial score (nSPS) is 22.7. The van der Waals surface area contributed by atoms with Crippen molar-refractivity contribution in [2.75, 3.05) is 10.2 Å². The number of nitrogens with one attached hydrogen (secondary N) is 1. The van der Waals surface area contributed by atoms with Crippen LogP contribution in [0.4, 0.5) is 11.4 Å². The maximum Gasteiger partial charge on any atom is 0.238 e. The monoisotopic (exact) mass is 629 g/mol. The van der Waals surface area contributed by atoms with E-state index in [1.54, 1.807) is 54.7 Å². The Bertz CT molecular complexity index is 2110. The van der Waals surface area contributed by atoms with E-state index < -0.39 is 23.4 Å². The van der Waals surface area contributed by atoms with Gasteiger partial charge in [0.1, 0.15) is 11.5 Å². The Hall–Kier alpha value is -4.78. The van der Waals surface area contributed by atoms with Crippen LogP contribution in [0.3, 0.4) is 0 Å². The highest BCUT2D eigenvalue weighted by Crippen LogP contribution is 2.59. The molecule has 3 aliphatic rings. The average Bonchev–Trinajstić information content (AvgIpc) is 3.52. The summed E-state index contributed by atoms with van der Waals surface area (Å²) < 4.78 is 0. The van der Waals surface area contributed by atoms with Crippen molar-refractivity contribution in [2.45, 2.75) is 24.4 Å². The molecule has 1 unspecified atom stereocenters. The quantitative estimate of drug-likeness (QED) is 0.206. The minimum Gasteiger partial charge on any atom is -0.350 e. The molecule has 1 fully saturated rings. The second-order valence-corrected chi connectivity index (χ2v) is 12.7. The van der Waals surface area contributed by atoms with Gasteiger partial charge in [-0.1, -0.05) is 71.2 Å². The van der Waals surface area contributed by atoms with Crippen molar-refractivity contribution in [3.8, 4) is 0 Å². The van der Waals surface area contributed by atoms with E-state index in [9.17, 15) is 9.59 Å². The van der Waals surface area contributed by atoms with E-state index in [2.05, 4.69) is 5.32 Å². The van der Waals surface area contributed by atoms with E-state index in [-0.39, 0.29) is 17.5 Å². The summed E-state index contributed by atoms with van der Waals surface area (Å²) >= 11 is 12.4. The smallest absolute Gasteiger partial charge is 0.238 e. The zero-order valence-corrected chi connectivity index (χ0v) is 25.5. The lowest BCUT2D eigenvalue weighted by Crippen LogP contribution is -2.51. The van der Waals surface area contributed by atoms with Gasteiger partial charge in [-0.3, -0.25) is 19.4 Å². The molecule has 8 rings (SSSR count). The van der Waals surface area contributed by atoms with Crippen molar-refractivity contribution >= 4 is 69.0 Å². The number of fused-ring (bicyclic) bond motifs is 8. The molecule has 1 saturated heterocycles. The van der Waals surface area contributed by atoms with Crippen LogP contribution in [0, 0.1) is 12.8 Å². The molecule has 3 aliphatic heterocycles. The van der Waals surface area contributed by atoms with Gasteiger partial charge in [0.25, 0.3) is 0 Å². The zero-order valence-electron chi connectivity index (χ0n) is 24.0. The van der Waals surface area contributed by atoms with Crippen molar-refractivity contribution in [1.29, 1.82) is 0 Å². The third-order valence-electron chi connectivity index (χ3n) is 9.42. The first kappa shape index (κ1) is 27.7. The first-order valence-corrected chi connectivity index (χ1v) is 15.4.